The second kappa shape index (κ2) is 7.20. The van der Waals surface area contributed by atoms with Crippen LogP contribution in [-0.2, 0) is 10.0 Å². The van der Waals surface area contributed by atoms with Gasteiger partial charge in [-0.1, -0.05) is 17.7 Å². The largest absolute Gasteiger partial charge is 0.314 e. The van der Waals surface area contributed by atoms with Crippen LogP contribution in [0.3, 0.4) is 0 Å². The lowest BCUT2D eigenvalue weighted by Gasteiger charge is -2.27. The molecule has 0 saturated carbocycles. The third kappa shape index (κ3) is 4.15. The van der Waals surface area contributed by atoms with Crippen molar-refractivity contribution in [2.75, 3.05) is 39.3 Å². The molecule has 0 aromatic heterocycles. The molecule has 6 nitrogen and oxygen atoms in total. The zero-order valence-corrected chi connectivity index (χ0v) is 13.0. The van der Waals surface area contributed by atoms with E-state index in [4.69, 9.17) is 16.9 Å². The van der Waals surface area contributed by atoms with Gasteiger partial charge < -0.3 is 5.32 Å². The summed E-state index contributed by atoms with van der Waals surface area (Å²) in [6.07, 6.45) is 0. The maximum absolute atomic E-state index is 12.3. The summed E-state index contributed by atoms with van der Waals surface area (Å²) in [4.78, 5) is 2.11. The van der Waals surface area contributed by atoms with Crippen molar-refractivity contribution in [1.82, 2.24) is 14.9 Å². The highest BCUT2D eigenvalue weighted by atomic mass is 35.5. The van der Waals surface area contributed by atoms with Gasteiger partial charge in [0.1, 0.15) is 11.0 Å². The average molecular weight is 329 g/mol. The highest BCUT2D eigenvalue weighted by molar-refractivity contribution is 7.89. The standard InChI is InChI=1S/C13H17ClN4O2S/c14-12-2-1-3-13(11(12)10-15)21(19,20)17-6-9-18-7-4-16-5-8-18/h1-3,16-17H,4-9H2. The van der Waals surface area contributed by atoms with E-state index in [2.05, 4.69) is 14.9 Å². The van der Waals surface area contributed by atoms with Gasteiger partial charge in [-0.2, -0.15) is 5.26 Å². The fourth-order valence-electron chi connectivity index (χ4n) is 2.19. The monoisotopic (exact) mass is 328 g/mol. The van der Waals surface area contributed by atoms with Crippen LogP contribution in [0, 0.1) is 11.3 Å². The van der Waals surface area contributed by atoms with Crippen molar-refractivity contribution in [2.45, 2.75) is 4.90 Å². The smallest absolute Gasteiger partial charge is 0.241 e. The van der Waals surface area contributed by atoms with Crippen LogP contribution in [-0.4, -0.2) is 52.6 Å². The first-order valence-corrected chi connectivity index (χ1v) is 8.52. The van der Waals surface area contributed by atoms with Crippen LogP contribution in [0.25, 0.3) is 0 Å². The second-order valence-corrected chi connectivity index (χ2v) is 6.86. The third-order valence-electron chi connectivity index (χ3n) is 3.31. The molecule has 2 rings (SSSR count). The molecule has 114 valence electrons. The Labute approximate surface area is 129 Å². The molecule has 1 saturated heterocycles. The Hall–Kier alpha value is -1.17. The molecule has 1 aliphatic rings. The van der Waals surface area contributed by atoms with Crippen molar-refractivity contribution < 1.29 is 8.42 Å². The van der Waals surface area contributed by atoms with Crippen molar-refractivity contribution in [3.8, 4) is 6.07 Å². The van der Waals surface area contributed by atoms with Gasteiger partial charge in [-0.3, -0.25) is 4.90 Å². The van der Waals surface area contributed by atoms with Crippen LogP contribution in [0.4, 0.5) is 0 Å². The highest BCUT2D eigenvalue weighted by Crippen LogP contribution is 2.22. The van der Waals surface area contributed by atoms with E-state index in [1.54, 1.807) is 0 Å². The number of hydrogen-bond acceptors (Lipinski definition) is 5. The lowest BCUT2D eigenvalue weighted by Crippen LogP contribution is -2.46. The average Bonchev–Trinajstić information content (AvgIpc) is 2.48. The molecule has 1 aromatic carbocycles. The molecule has 1 aromatic rings. The minimum absolute atomic E-state index is 0.0196. The summed E-state index contributed by atoms with van der Waals surface area (Å²) in [7, 11) is -3.73. The Morgan fingerprint density at radius 3 is 2.76 bits per heavy atom. The Morgan fingerprint density at radius 2 is 2.10 bits per heavy atom. The van der Waals surface area contributed by atoms with Crippen molar-refractivity contribution in [2.24, 2.45) is 0 Å². The number of nitriles is 1. The van der Waals surface area contributed by atoms with E-state index in [1.165, 1.54) is 18.2 Å². The molecular weight excluding hydrogens is 312 g/mol. The first-order chi connectivity index (χ1) is 10.0. The Kier molecular flexibility index (Phi) is 5.56. The molecular formula is C13H17ClN4O2S. The van der Waals surface area contributed by atoms with Crippen LogP contribution >= 0.6 is 11.6 Å². The van der Waals surface area contributed by atoms with Crippen LogP contribution in [0.15, 0.2) is 23.1 Å². The summed E-state index contributed by atoms with van der Waals surface area (Å²) >= 11 is 5.86. The van der Waals surface area contributed by atoms with E-state index in [9.17, 15) is 8.42 Å². The molecule has 1 aliphatic heterocycles. The predicted molar refractivity (Wildman–Crippen MR) is 80.7 cm³/mol. The van der Waals surface area contributed by atoms with Crippen LogP contribution in [0.5, 0.6) is 0 Å². The molecule has 2 N–H and O–H groups in total. The van der Waals surface area contributed by atoms with Crippen molar-refractivity contribution in [3.63, 3.8) is 0 Å². The Morgan fingerprint density at radius 1 is 1.38 bits per heavy atom. The number of rotatable bonds is 5. The summed E-state index contributed by atoms with van der Waals surface area (Å²) in [5.74, 6) is 0. The summed E-state index contributed by atoms with van der Waals surface area (Å²) < 4.78 is 27.0. The second-order valence-electron chi connectivity index (χ2n) is 4.71. The Bertz CT molecular complexity index is 636. The minimum Gasteiger partial charge on any atom is -0.314 e. The predicted octanol–water partition coefficient (Wildman–Crippen LogP) is 0.395. The first kappa shape index (κ1) is 16.2. The summed E-state index contributed by atoms with van der Waals surface area (Å²) in [5, 5.41) is 12.4. The molecule has 0 atom stereocenters. The van der Waals surface area contributed by atoms with E-state index >= 15 is 0 Å². The lowest BCUT2D eigenvalue weighted by atomic mass is 10.2. The van der Waals surface area contributed by atoms with E-state index in [0.717, 1.165) is 26.2 Å². The normalized spacial score (nSPS) is 16.6. The van der Waals surface area contributed by atoms with Gasteiger partial charge in [0.2, 0.25) is 10.0 Å². The van der Waals surface area contributed by atoms with Crippen LogP contribution in [0.2, 0.25) is 5.02 Å². The number of piperazine rings is 1. The van der Waals surface area contributed by atoms with Gasteiger partial charge in [0.25, 0.3) is 0 Å². The molecule has 0 aliphatic carbocycles. The summed E-state index contributed by atoms with van der Waals surface area (Å²) in [5.41, 5.74) is -0.0196. The van der Waals surface area contributed by atoms with Gasteiger partial charge in [0, 0.05) is 39.3 Å². The van der Waals surface area contributed by atoms with Gasteiger partial charge in [-0.25, -0.2) is 13.1 Å². The van der Waals surface area contributed by atoms with E-state index in [0.29, 0.717) is 13.1 Å². The zero-order valence-electron chi connectivity index (χ0n) is 11.5. The number of nitrogens with zero attached hydrogens (tertiary/aromatic N) is 2. The van der Waals surface area contributed by atoms with Crippen molar-refractivity contribution in [1.29, 1.82) is 5.26 Å². The molecule has 0 radical (unpaired) electrons. The van der Waals surface area contributed by atoms with Gasteiger partial charge in [0.05, 0.1) is 10.6 Å². The van der Waals surface area contributed by atoms with E-state index in [-0.39, 0.29) is 15.5 Å². The zero-order chi connectivity index (χ0) is 15.3. The van der Waals surface area contributed by atoms with Gasteiger partial charge >= 0.3 is 0 Å². The quantitative estimate of drug-likeness (QED) is 0.817. The SMILES string of the molecule is N#Cc1c(Cl)cccc1S(=O)(=O)NCCN1CCNCC1. The van der Waals surface area contributed by atoms with Gasteiger partial charge in [-0.05, 0) is 12.1 Å². The number of nitrogens with one attached hydrogen (secondary N) is 2. The third-order valence-corrected chi connectivity index (χ3v) is 5.12. The Balaban J connectivity index is 2.02. The minimum atomic E-state index is -3.73. The molecule has 1 heterocycles. The van der Waals surface area contributed by atoms with Crippen LogP contribution < -0.4 is 10.0 Å². The number of halogens is 1. The van der Waals surface area contributed by atoms with Crippen molar-refractivity contribution in [3.05, 3.63) is 28.8 Å². The molecule has 0 unspecified atom stereocenters. The number of benzene rings is 1. The maximum atomic E-state index is 12.3. The molecule has 1 fully saturated rings. The molecule has 21 heavy (non-hydrogen) atoms. The molecule has 0 amide bonds. The topological polar surface area (TPSA) is 85.2 Å². The fourth-order valence-corrected chi connectivity index (χ4v) is 3.66. The van der Waals surface area contributed by atoms with Gasteiger partial charge in [-0.15, -0.1) is 0 Å². The maximum Gasteiger partial charge on any atom is 0.241 e. The van der Waals surface area contributed by atoms with Crippen molar-refractivity contribution >= 4 is 21.6 Å². The van der Waals surface area contributed by atoms with Crippen LogP contribution in [0.1, 0.15) is 5.56 Å². The van der Waals surface area contributed by atoms with E-state index in [1.807, 2.05) is 6.07 Å². The molecule has 8 heteroatoms. The molecule has 0 bridgehead atoms. The highest BCUT2D eigenvalue weighted by Gasteiger charge is 2.20. The fraction of sp³-hybridized carbons (Fsp3) is 0.462. The summed E-state index contributed by atoms with van der Waals surface area (Å²) in [6.45, 7) is 4.59. The first-order valence-electron chi connectivity index (χ1n) is 6.66. The van der Waals surface area contributed by atoms with E-state index < -0.39 is 10.0 Å². The number of sulfonamides is 1. The number of hydrogen-bond donors (Lipinski definition) is 2. The molecule has 0 spiro atoms. The van der Waals surface area contributed by atoms with Gasteiger partial charge in [0.15, 0.2) is 0 Å². The summed E-state index contributed by atoms with van der Waals surface area (Å²) in [6, 6.07) is 6.25. The lowest BCUT2D eigenvalue weighted by molar-refractivity contribution is 0.245.